The molecule has 0 radical (unpaired) electrons. The third-order valence-corrected chi connectivity index (χ3v) is 7.01. The molecular formula is C21H18N4O3S3. The van der Waals surface area contributed by atoms with E-state index in [0.29, 0.717) is 20.6 Å². The highest BCUT2D eigenvalue weighted by Gasteiger charge is 2.33. The molecule has 3 heterocycles. The summed E-state index contributed by atoms with van der Waals surface area (Å²) < 4.78 is 3.47. The minimum Gasteiger partial charge on any atom is -0.318 e. The van der Waals surface area contributed by atoms with Crippen LogP contribution in [-0.2, 0) is 16.6 Å². The van der Waals surface area contributed by atoms with Crippen molar-refractivity contribution < 1.29 is 9.59 Å². The van der Waals surface area contributed by atoms with Gasteiger partial charge in [0.1, 0.15) is 16.6 Å². The highest BCUT2D eigenvalue weighted by molar-refractivity contribution is 8.26. The predicted molar refractivity (Wildman–Crippen MR) is 129 cm³/mol. The molecule has 0 aliphatic carbocycles. The van der Waals surface area contributed by atoms with E-state index in [1.807, 2.05) is 47.8 Å². The van der Waals surface area contributed by atoms with Gasteiger partial charge in [0.2, 0.25) is 5.91 Å². The second-order valence-corrected chi connectivity index (χ2v) is 9.42. The summed E-state index contributed by atoms with van der Waals surface area (Å²) in [7, 11) is 1.75. The molecule has 0 spiro atoms. The number of rotatable bonds is 5. The van der Waals surface area contributed by atoms with E-state index >= 15 is 0 Å². The van der Waals surface area contributed by atoms with Gasteiger partial charge >= 0.3 is 0 Å². The maximum Gasteiger partial charge on any atom is 0.295 e. The first-order valence-corrected chi connectivity index (χ1v) is 11.4. The standard InChI is InChI=1S/C21H18N4O3S3/c1-13-18(20(28)25(23(13)2)14-7-4-3-5-8-14)22-17(26)12-24-19(27)16(31-21(24)29)11-15-9-6-10-30-15/h3-11H,12H2,1-2H3,(H,22,26). The van der Waals surface area contributed by atoms with Gasteiger partial charge in [0.25, 0.3) is 11.5 Å². The van der Waals surface area contributed by atoms with E-state index in [9.17, 15) is 14.4 Å². The number of carbonyl (C=O) groups excluding carboxylic acids is 2. The van der Waals surface area contributed by atoms with Gasteiger partial charge in [-0.1, -0.05) is 48.2 Å². The van der Waals surface area contributed by atoms with Crippen molar-refractivity contribution in [3.63, 3.8) is 0 Å². The summed E-state index contributed by atoms with van der Waals surface area (Å²) in [4.78, 5) is 41.0. The molecule has 1 aromatic carbocycles. The number of para-hydroxylation sites is 1. The average Bonchev–Trinajstić information content (AvgIpc) is 3.41. The molecule has 2 aromatic heterocycles. The highest BCUT2D eigenvalue weighted by atomic mass is 32.2. The zero-order chi connectivity index (χ0) is 22.1. The topological polar surface area (TPSA) is 76.3 Å². The molecule has 0 bridgehead atoms. The van der Waals surface area contributed by atoms with Crippen LogP contribution in [0.5, 0.6) is 0 Å². The third kappa shape index (κ3) is 4.14. The normalized spacial score (nSPS) is 15.2. The van der Waals surface area contributed by atoms with E-state index in [0.717, 1.165) is 16.6 Å². The number of hydrogen-bond donors (Lipinski definition) is 1. The molecule has 3 aromatic rings. The summed E-state index contributed by atoms with van der Waals surface area (Å²) in [5.41, 5.74) is 1.12. The van der Waals surface area contributed by atoms with Crippen molar-refractivity contribution in [3.05, 3.63) is 73.7 Å². The molecule has 7 nitrogen and oxygen atoms in total. The van der Waals surface area contributed by atoms with Gasteiger partial charge in [-0.05, 0) is 36.6 Å². The fourth-order valence-electron chi connectivity index (χ4n) is 3.17. The van der Waals surface area contributed by atoms with E-state index in [2.05, 4.69) is 5.32 Å². The number of benzene rings is 1. The number of hydrogen-bond acceptors (Lipinski definition) is 6. The van der Waals surface area contributed by atoms with Crippen molar-refractivity contribution in [1.82, 2.24) is 14.3 Å². The fourth-order valence-corrected chi connectivity index (χ4v) is 5.15. The number of aromatic nitrogens is 2. The Bertz CT molecular complexity index is 1260. The predicted octanol–water partition coefficient (Wildman–Crippen LogP) is 3.39. The zero-order valence-electron chi connectivity index (χ0n) is 16.7. The van der Waals surface area contributed by atoms with Gasteiger partial charge in [-0.3, -0.25) is 24.0 Å². The van der Waals surface area contributed by atoms with E-state index in [4.69, 9.17) is 12.2 Å². The van der Waals surface area contributed by atoms with Crippen LogP contribution < -0.4 is 10.9 Å². The van der Waals surface area contributed by atoms with Crippen molar-refractivity contribution in [3.8, 4) is 5.69 Å². The van der Waals surface area contributed by atoms with Crippen LogP contribution in [0.3, 0.4) is 0 Å². The number of carbonyl (C=O) groups is 2. The maximum absolute atomic E-state index is 13.0. The Kier molecular flexibility index (Phi) is 5.94. The van der Waals surface area contributed by atoms with Crippen LogP contribution in [0.2, 0.25) is 0 Å². The lowest BCUT2D eigenvalue weighted by Gasteiger charge is -2.13. The Morgan fingerprint density at radius 1 is 1.16 bits per heavy atom. The summed E-state index contributed by atoms with van der Waals surface area (Å²) in [6, 6.07) is 13.0. The molecule has 158 valence electrons. The van der Waals surface area contributed by atoms with Crippen molar-refractivity contribution in [2.45, 2.75) is 6.92 Å². The lowest BCUT2D eigenvalue weighted by atomic mass is 10.3. The van der Waals surface area contributed by atoms with Crippen molar-refractivity contribution >= 4 is 63.2 Å². The largest absolute Gasteiger partial charge is 0.318 e. The van der Waals surface area contributed by atoms with Gasteiger partial charge in [-0.15, -0.1) is 11.3 Å². The molecule has 10 heteroatoms. The quantitative estimate of drug-likeness (QED) is 0.457. The smallest absolute Gasteiger partial charge is 0.295 e. The Morgan fingerprint density at radius 3 is 2.58 bits per heavy atom. The van der Waals surface area contributed by atoms with Crippen LogP contribution in [0.4, 0.5) is 5.69 Å². The lowest BCUT2D eigenvalue weighted by Crippen LogP contribution is -2.37. The molecule has 4 rings (SSSR count). The van der Waals surface area contributed by atoms with Gasteiger partial charge in [-0.25, -0.2) is 4.68 Å². The molecule has 2 amide bonds. The summed E-state index contributed by atoms with van der Waals surface area (Å²) >= 11 is 7.97. The monoisotopic (exact) mass is 470 g/mol. The van der Waals surface area contributed by atoms with Gasteiger partial charge < -0.3 is 5.32 Å². The second kappa shape index (κ2) is 8.66. The Morgan fingerprint density at radius 2 is 1.90 bits per heavy atom. The van der Waals surface area contributed by atoms with Crippen LogP contribution in [-0.4, -0.2) is 36.9 Å². The average molecular weight is 471 g/mol. The molecule has 1 fully saturated rings. The first-order valence-electron chi connectivity index (χ1n) is 9.29. The lowest BCUT2D eigenvalue weighted by molar-refractivity contribution is -0.126. The summed E-state index contributed by atoms with van der Waals surface area (Å²) in [5, 5.41) is 4.59. The Balaban J connectivity index is 1.53. The number of thiophene rings is 1. The number of nitrogens with one attached hydrogen (secondary N) is 1. The molecule has 0 atom stereocenters. The van der Waals surface area contributed by atoms with Crippen LogP contribution in [0.25, 0.3) is 11.8 Å². The van der Waals surface area contributed by atoms with Gasteiger partial charge in [0.15, 0.2) is 0 Å². The SMILES string of the molecule is Cc1c(NC(=O)CN2C(=O)C(=Cc3cccs3)SC2=S)c(=O)n(-c2ccccc2)n1C. The molecule has 1 saturated heterocycles. The zero-order valence-corrected chi connectivity index (χ0v) is 19.1. The molecule has 0 unspecified atom stereocenters. The van der Waals surface area contributed by atoms with Crippen molar-refractivity contribution in [2.24, 2.45) is 7.05 Å². The minimum atomic E-state index is -0.486. The number of thioether (sulfide) groups is 1. The Hall–Kier alpha value is -2.95. The minimum absolute atomic E-state index is 0.177. The number of nitrogens with zero attached hydrogens (tertiary/aromatic N) is 3. The van der Waals surface area contributed by atoms with Crippen LogP contribution in [0, 0.1) is 6.92 Å². The molecule has 1 aliphatic heterocycles. The van der Waals surface area contributed by atoms with Crippen molar-refractivity contribution in [1.29, 1.82) is 0 Å². The van der Waals surface area contributed by atoms with Crippen LogP contribution in [0.1, 0.15) is 10.6 Å². The molecule has 0 saturated carbocycles. The molecule has 1 aliphatic rings. The highest BCUT2D eigenvalue weighted by Crippen LogP contribution is 2.33. The molecule has 31 heavy (non-hydrogen) atoms. The van der Waals surface area contributed by atoms with E-state index in [1.165, 1.54) is 20.9 Å². The fraction of sp³-hybridized carbons (Fsp3) is 0.143. The summed E-state index contributed by atoms with van der Waals surface area (Å²) in [6.07, 6.45) is 1.77. The maximum atomic E-state index is 13.0. The Labute approximate surface area is 192 Å². The first kappa shape index (κ1) is 21.3. The summed E-state index contributed by atoms with van der Waals surface area (Å²) in [6.45, 7) is 1.49. The summed E-state index contributed by atoms with van der Waals surface area (Å²) in [5.74, 6) is -0.801. The number of amides is 2. The van der Waals surface area contributed by atoms with Gasteiger partial charge in [0, 0.05) is 11.9 Å². The van der Waals surface area contributed by atoms with Crippen LogP contribution in [0.15, 0.2) is 57.5 Å². The van der Waals surface area contributed by atoms with E-state index in [-0.39, 0.29) is 23.7 Å². The van der Waals surface area contributed by atoms with E-state index < -0.39 is 5.91 Å². The third-order valence-electron chi connectivity index (χ3n) is 4.81. The van der Waals surface area contributed by atoms with Gasteiger partial charge in [-0.2, -0.15) is 0 Å². The van der Waals surface area contributed by atoms with Crippen LogP contribution >= 0.6 is 35.3 Å². The molecular weight excluding hydrogens is 452 g/mol. The first-order chi connectivity index (χ1) is 14.9. The van der Waals surface area contributed by atoms with Crippen molar-refractivity contribution in [2.75, 3.05) is 11.9 Å². The van der Waals surface area contributed by atoms with Gasteiger partial charge in [0.05, 0.1) is 16.3 Å². The second-order valence-electron chi connectivity index (χ2n) is 6.77. The number of thiocarbonyl (C=S) groups is 1. The number of anilines is 1. The molecule has 1 N–H and O–H groups in total. The van der Waals surface area contributed by atoms with E-state index in [1.54, 1.807) is 24.7 Å².